The van der Waals surface area contributed by atoms with Gasteiger partial charge in [0.2, 0.25) is 0 Å². The average molecular weight is 158 g/mol. The van der Waals surface area contributed by atoms with E-state index in [0.29, 0.717) is 5.92 Å². The molecule has 0 aromatic carbocycles. The summed E-state index contributed by atoms with van der Waals surface area (Å²) in [5.74, 6) is 6.29. The number of nitrogens with one attached hydrogen (secondary N) is 1. The zero-order valence-corrected chi connectivity index (χ0v) is 6.67. The highest BCUT2D eigenvalue weighted by molar-refractivity contribution is 4.97. The van der Waals surface area contributed by atoms with Crippen LogP contribution in [0.25, 0.3) is 0 Å². The van der Waals surface area contributed by atoms with Gasteiger partial charge >= 0.3 is 0 Å². The molecule has 0 saturated heterocycles. The number of hydrogen-bond acceptors (Lipinski definition) is 3. The highest BCUT2D eigenvalue weighted by Crippen LogP contribution is 2.21. The lowest BCUT2D eigenvalue weighted by Crippen LogP contribution is -3.12. The van der Waals surface area contributed by atoms with E-state index >= 15 is 0 Å². The van der Waals surface area contributed by atoms with Crippen molar-refractivity contribution in [3.63, 3.8) is 0 Å². The Kier molecular flexibility index (Phi) is 2.87. The summed E-state index contributed by atoms with van der Waals surface area (Å²) in [7, 11) is 0. The second kappa shape index (κ2) is 3.71. The van der Waals surface area contributed by atoms with Gasteiger partial charge in [0.15, 0.2) is 5.76 Å². The van der Waals surface area contributed by atoms with Crippen LogP contribution in [0.1, 0.15) is 26.2 Å². The summed E-state index contributed by atoms with van der Waals surface area (Å²) in [4.78, 5) is 4.74. The number of allylic oxidation sites excluding steroid dienone is 2. The molecule has 3 N–H and O–H groups in total. The first-order valence-electron chi connectivity index (χ1n) is 3.85. The molecule has 0 heterocycles. The molecule has 4 nitrogen and oxygen atoms in total. The van der Waals surface area contributed by atoms with Crippen LogP contribution in [0.5, 0.6) is 0 Å². The van der Waals surface area contributed by atoms with Crippen LogP contribution in [-0.2, 0) is 4.84 Å². The summed E-state index contributed by atoms with van der Waals surface area (Å²) >= 11 is 0. The third-order valence-corrected chi connectivity index (χ3v) is 1.86. The van der Waals surface area contributed by atoms with Gasteiger partial charge in [0.1, 0.15) is 0 Å². The fourth-order valence-corrected chi connectivity index (χ4v) is 1.16. The fraction of sp³-hybridized carbons (Fsp3) is 0.714. The molecule has 64 valence electrons. The van der Waals surface area contributed by atoms with Crippen molar-refractivity contribution in [3.8, 4) is 0 Å². The predicted molar refractivity (Wildman–Crippen MR) is 40.7 cm³/mol. The van der Waals surface area contributed by atoms with Crippen molar-refractivity contribution in [2.24, 2.45) is 11.8 Å². The lowest BCUT2D eigenvalue weighted by Gasteiger charge is -2.20. The minimum atomic E-state index is -0.703. The van der Waals surface area contributed by atoms with E-state index in [4.69, 9.17) is 10.7 Å². The van der Waals surface area contributed by atoms with Gasteiger partial charge in [-0.15, -0.1) is 11.2 Å². The van der Waals surface area contributed by atoms with Crippen molar-refractivity contribution < 1.29 is 10.2 Å². The molecule has 1 aliphatic carbocycles. The quantitative estimate of drug-likeness (QED) is 0.435. The molecule has 11 heavy (non-hydrogen) atoms. The third-order valence-electron chi connectivity index (χ3n) is 1.86. The van der Waals surface area contributed by atoms with Crippen LogP contribution in [-0.4, -0.2) is 0 Å². The summed E-state index contributed by atoms with van der Waals surface area (Å²) in [5, 5.41) is 9.61. The summed E-state index contributed by atoms with van der Waals surface area (Å²) in [5.41, 5.74) is 0. The van der Waals surface area contributed by atoms with Crippen LogP contribution >= 0.6 is 0 Å². The van der Waals surface area contributed by atoms with Crippen LogP contribution in [0, 0.1) is 11.1 Å². The number of quaternary nitrogens is 1. The first-order valence-corrected chi connectivity index (χ1v) is 3.85. The Labute approximate surface area is 66.1 Å². The normalized spacial score (nSPS) is 27.5. The van der Waals surface area contributed by atoms with Gasteiger partial charge in [0, 0.05) is 6.42 Å². The Morgan fingerprint density at radius 1 is 1.82 bits per heavy atom. The van der Waals surface area contributed by atoms with E-state index < -0.39 is 5.34 Å². The highest BCUT2D eigenvalue weighted by Gasteiger charge is 2.12. The number of hydrogen-bond donors (Lipinski definition) is 2. The first-order chi connectivity index (χ1) is 5.18. The smallest absolute Gasteiger partial charge is 0.166 e. The van der Waals surface area contributed by atoms with Crippen LogP contribution in [0.4, 0.5) is 0 Å². The van der Waals surface area contributed by atoms with Crippen molar-refractivity contribution in [3.05, 3.63) is 17.0 Å². The molecule has 0 fully saturated rings. The minimum absolute atomic E-state index is 0.703. The van der Waals surface area contributed by atoms with Crippen molar-refractivity contribution >= 4 is 0 Å². The van der Waals surface area contributed by atoms with Crippen LogP contribution in [0.3, 0.4) is 0 Å². The summed E-state index contributed by atoms with van der Waals surface area (Å²) in [6.07, 6.45) is 4.85. The molecule has 0 radical (unpaired) electrons. The van der Waals surface area contributed by atoms with Crippen LogP contribution in [0.15, 0.2) is 11.8 Å². The number of nitrogens with two attached hydrogens (primary N) is 1. The van der Waals surface area contributed by atoms with Gasteiger partial charge in [-0.05, 0) is 24.8 Å². The first kappa shape index (κ1) is 8.52. The summed E-state index contributed by atoms with van der Waals surface area (Å²) in [6, 6.07) is 0. The minimum Gasteiger partial charge on any atom is -0.570 e. The van der Waals surface area contributed by atoms with Gasteiger partial charge in [-0.3, -0.25) is 0 Å². The maximum atomic E-state index is 10.3. The molecule has 0 bridgehead atoms. The second-order valence-corrected chi connectivity index (χ2v) is 2.97. The molecule has 0 amide bonds. The Morgan fingerprint density at radius 3 is 3.00 bits per heavy atom. The average Bonchev–Trinajstić information content (AvgIpc) is 1.93. The van der Waals surface area contributed by atoms with E-state index in [9.17, 15) is 5.21 Å². The van der Waals surface area contributed by atoms with Crippen molar-refractivity contribution in [1.29, 1.82) is 0 Å². The Balaban J connectivity index is 2.35. The zero-order chi connectivity index (χ0) is 8.27. The van der Waals surface area contributed by atoms with Crippen molar-refractivity contribution in [2.45, 2.75) is 26.2 Å². The highest BCUT2D eigenvalue weighted by atomic mass is 16.9. The molecule has 0 spiro atoms. The van der Waals surface area contributed by atoms with Crippen LogP contribution < -0.4 is 11.2 Å². The van der Waals surface area contributed by atoms with Gasteiger partial charge in [-0.2, -0.15) is 0 Å². The maximum Gasteiger partial charge on any atom is 0.166 e. The lowest BCUT2D eigenvalue weighted by atomic mass is 9.95. The van der Waals surface area contributed by atoms with Crippen molar-refractivity contribution in [2.75, 3.05) is 0 Å². The monoisotopic (exact) mass is 158 g/mol. The predicted octanol–water partition coefficient (Wildman–Crippen LogP) is -0.122. The van der Waals surface area contributed by atoms with E-state index in [2.05, 4.69) is 6.92 Å². The van der Waals surface area contributed by atoms with Gasteiger partial charge in [0.25, 0.3) is 0 Å². The molecule has 4 heteroatoms. The molecule has 0 aliphatic heterocycles. The van der Waals surface area contributed by atoms with Gasteiger partial charge < -0.3 is 10.0 Å². The topological polar surface area (TPSA) is 62.8 Å². The Morgan fingerprint density at radius 2 is 2.55 bits per heavy atom. The van der Waals surface area contributed by atoms with Crippen LogP contribution in [0.2, 0.25) is 0 Å². The van der Waals surface area contributed by atoms with Gasteiger partial charge in [-0.25, -0.2) is 0 Å². The van der Waals surface area contributed by atoms with Gasteiger partial charge in [0.05, 0.1) is 0 Å². The largest absolute Gasteiger partial charge is 0.570 e. The van der Waals surface area contributed by atoms with E-state index in [1.165, 1.54) is 0 Å². The van der Waals surface area contributed by atoms with Gasteiger partial charge in [-0.1, -0.05) is 6.92 Å². The molecule has 1 unspecified atom stereocenters. The molecular formula is C7H14N2O2. The zero-order valence-electron chi connectivity index (χ0n) is 6.67. The van der Waals surface area contributed by atoms with Crippen molar-refractivity contribution in [1.82, 2.24) is 0 Å². The maximum absolute atomic E-state index is 10.3. The standard InChI is InChI=1S/C7H14N2O2/c1-6-2-4-7(5-3-6)11-9(8)10/h4,6,9H,2-3,5,8H2,1H3/t6-/m1/s1. The Hall–Kier alpha value is -0.580. The molecule has 0 saturated carbocycles. The molecule has 1 aliphatic rings. The third kappa shape index (κ3) is 2.88. The molecule has 0 aromatic rings. The van der Waals surface area contributed by atoms with E-state index in [-0.39, 0.29) is 0 Å². The fourth-order valence-electron chi connectivity index (χ4n) is 1.16. The SMILES string of the molecule is C[C@@H]1CC=C(O[NH+](N)[O-])CC1. The number of rotatable bonds is 2. The molecule has 2 atom stereocenters. The molecular weight excluding hydrogens is 144 g/mol. The lowest BCUT2D eigenvalue weighted by molar-refractivity contribution is -1.05. The molecule has 0 aromatic heterocycles. The van der Waals surface area contributed by atoms with E-state index in [1.54, 1.807) is 0 Å². The summed E-state index contributed by atoms with van der Waals surface area (Å²) in [6.45, 7) is 2.18. The van der Waals surface area contributed by atoms with E-state index in [1.807, 2.05) is 6.08 Å². The van der Waals surface area contributed by atoms with E-state index in [0.717, 1.165) is 25.0 Å². The second-order valence-electron chi connectivity index (χ2n) is 2.97. The summed E-state index contributed by atoms with van der Waals surface area (Å²) < 4.78 is 0. The Bertz CT molecular complexity index is 157. The molecule has 1 rings (SSSR count).